The highest BCUT2D eigenvalue weighted by Crippen LogP contribution is 2.30. The molecule has 0 fully saturated rings. The minimum absolute atomic E-state index is 0.00513. The number of carbonyl (C=O) groups excluding carboxylic acids is 1. The molecule has 1 heterocycles. The van der Waals surface area contributed by atoms with Gasteiger partial charge in [-0.15, -0.1) is 0 Å². The lowest BCUT2D eigenvalue weighted by Gasteiger charge is -2.17. The summed E-state index contributed by atoms with van der Waals surface area (Å²) in [6, 6.07) is 11.8. The number of para-hydroxylation sites is 1. The lowest BCUT2D eigenvalue weighted by atomic mass is 10.1. The normalized spacial score (nSPS) is 10.7. The average Bonchev–Trinajstić information content (AvgIpc) is 2.62. The molecule has 0 aliphatic rings. The van der Waals surface area contributed by atoms with E-state index in [-0.39, 0.29) is 34.6 Å². The molecule has 2 amide bonds. The molecule has 2 N–H and O–H groups in total. The van der Waals surface area contributed by atoms with Gasteiger partial charge in [-0.2, -0.15) is 0 Å². The maximum Gasteiger partial charge on any atom is 0.418 e. The molecular weight excluding hydrogens is 338 g/mol. The minimum atomic E-state index is -1.42. The Balaban J connectivity index is 2.15. The van der Waals surface area contributed by atoms with Gasteiger partial charge in [-0.3, -0.25) is 9.59 Å². The highest BCUT2D eigenvalue weighted by Gasteiger charge is 2.22. The van der Waals surface area contributed by atoms with Crippen LogP contribution in [0.25, 0.3) is 22.3 Å². The first-order valence-corrected chi connectivity index (χ1v) is 7.84. The number of rotatable bonds is 3. The number of hydrogen-bond acceptors (Lipinski definition) is 5. The Morgan fingerprint density at radius 3 is 2.50 bits per heavy atom. The van der Waals surface area contributed by atoms with Crippen LogP contribution in [0, 0.1) is 0 Å². The Bertz CT molecular complexity index is 1070. The summed E-state index contributed by atoms with van der Waals surface area (Å²) in [5, 5.41) is 19.3. The first kappa shape index (κ1) is 17.2. The van der Waals surface area contributed by atoms with Gasteiger partial charge >= 0.3 is 6.09 Å². The number of nitrogens with zero attached hydrogens (tertiary/aromatic N) is 1. The molecule has 3 rings (SSSR count). The SMILES string of the molecule is CCC(=O)N(C(=O)O)c1ccc2oc(-c3ccccc3O)cc(=O)c2c1. The summed E-state index contributed by atoms with van der Waals surface area (Å²) in [5.41, 5.74) is 0.234. The molecule has 0 saturated carbocycles. The third-order valence-corrected chi connectivity index (χ3v) is 3.88. The van der Waals surface area contributed by atoms with Gasteiger partial charge in [0.15, 0.2) is 5.43 Å². The molecular formula is C19H15NO6. The van der Waals surface area contributed by atoms with Crippen molar-refractivity contribution >= 4 is 28.7 Å². The molecule has 0 saturated heterocycles. The van der Waals surface area contributed by atoms with Crippen LogP contribution in [0.1, 0.15) is 13.3 Å². The lowest BCUT2D eigenvalue weighted by Crippen LogP contribution is -2.35. The van der Waals surface area contributed by atoms with Crippen LogP contribution in [0.4, 0.5) is 10.5 Å². The standard InChI is InChI=1S/C19H15NO6/c1-2-18(23)20(19(24)25)11-7-8-16-13(9-11)15(22)10-17(26-16)12-5-3-4-6-14(12)21/h3-10,21H,2H2,1H3,(H,24,25). The first-order valence-electron chi connectivity index (χ1n) is 7.84. The van der Waals surface area contributed by atoms with Gasteiger partial charge in [0.25, 0.3) is 0 Å². The zero-order valence-corrected chi connectivity index (χ0v) is 13.8. The molecule has 0 radical (unpaired) electrons. The number of phenolic OH excluding ortho intramolecular Hbond substituents is 1. The van der Waals surface area contributed by atoms with Crippen molar-refractivity contribution in [3.8, 4) is 17.1 Å². The van der Waals surface area contributed by atoms with Gasteiger partial charge in [0.2, 0.25) is 5.91 Å². The second kappa shape index (κ2) is 6.72. The summed E-state index contributed by atoms with van der Waals surface area (Å²) in [7, 11) is 0. The maximum absolute atomic E-state index is 12.5. The Morgan fingerprint density at radius 1 is 1.12 bits per heavy atom. The Hall–Kier alpha value is -3.61. The summed E-state index contributed by atoms with van der Waals surface area (Å²) in [4.78, 5) is 36.3. The largest absolute Gasteiger partial charge is 0.507 e. The van der Waals surface area contributed by atoms with Gasteiger partial charge < -0.3 is 14.6 Å². The van der Waals surface area contributed by atoms with Crippen LogP contribution in [0.2, 0.25) is 0 Å². The molecule has 0 spiro atoms. The van der Waals surface area contributed by atoms with Crippen LogP contribution >= 0.6 is 0 Å². The van der Waals surface area contributed by atoms with Crippen molar-refractivity contribution in [3.05, 3.63) is 58.8 Å². The average molecular weight is 353 g/mol. The van der Waals surface area contributed by atoms with Crippen molar-refractivity contribution in [1.82, 2.24) is 0 Å². The molecule has 0 atom stereocenters. The fourth-order valence-electron chi connectivity index (χ4n) is 2.62. The van der Waals surface area contributed by atoms with E-state index in [1.54, 1.807) is 25.1 Å². The predicted octanol–water partition coefficient (Wildman–Crippen LogP) is 3.59. The summed E-state index contributed by atoms with van der Waals surface area (Å²) in [6.45, 7) is 1.55. The number of anilines is 1. The van der Waals surface area contributed by atoms with Crippen molar-refractivity contribution in [1.29, 1.82) is 0 Å². The van der Waals surface area contributed by atoms with E-state index in [0.717, 1.165) is 0 Å². The van der Waals surface area contributed by atoms with Gasteiger partial charge in [-0.25, -0.2) is 9.69 Å². The molecule has 0 bridgehead atoms. The highest BCUT2D eigenvalue weighted by molar-refractivity contribution is 6.12. The maximum atomic E-state index is 12.5. The monoisotopic (exact) mass is 353 g/mol. The molecule has 0 unspecified atom stereocenters. The van der Waals surface area contributed by atoms with Crippen molar-refractivity contribution in [2.75, 3.05) is 4.90 Å². The van der Waals surface area contributed by atoms with E-state index in [9.17, 15) is 24.6 Å². The van der Waals surface area contributed by atoms with Gasteiger partial charge in [0, 0.05) is 12.5 Å². The fraction of sp³-hybridized carbons (Fsp3) is 0.105. The molecule has 2 aromatic carbocycles. The topological polar surface area (TPSA) is 108 Å². The molecule has 7 nitrogen and oxygen atoms in total. The summed E-state index contributed by atoms with van der Waals surface area (Å²) in [6.07, 6.45) is -1.42. The Morgan fingerprint density at radius 2 is 1.85 bits per heavy atom. The van der Waals surface area contributed by atoms with Gasteiger partial charge in [-0.1, -0.05) is 19.1 Å². The van der Waals surface area contributed by atoms with E-state index in [4.69, 9.17) is 4.42 Å². The number of fused-ring (bicyclic) bond motifs is 1. The number of imide groups is 1. The van der Waals surface area contributed by atoms with Gasteiger partial charge in [0.1, 0.15) is 17.1 Å². The van der Waals surface area contributed by atoms with Crippen molar-refractivity contribution in [3.63, 3.8) is 0 Å². The van der Waals surface area contributed by atoms with E-state index in [0.29, 0.717) is 10.5 Å². The zero-order chi connectivity index (χ0) is 18.8. The smallest absolute Gasteiger partial charge is 0.418 e. The second-order valence-electron chi connectivity index (χ2n) is 5.54. The zero-order valence-electron chi connectivity index (χ0n) is 13.8. The van der Waals surface area contributed by atoms with Gasteiger partial charge in [-0.05, 0) is 30.3 Å². The summed E-state index contributed by atoms with van der Waals surface area (Å²) < 4.78 is 5.68. The van der Waals surface area contributed by atoms with Crippen LogP contribution in [-0.2, 0) is 4.79 Å². The number of benzene rings is 2. The van der Waals surface area contributed by atoms with Crippen LogP contribution in [-0.4, -0.2) is 22.2 Å². The van der Waals surface area contributed by atoms with E-state index < -0.39 is 17.4 Å². The number of carbonyl (C=O) groups is 2. The van der Waals surface area contributed by atoms with Crippen molar-refractivity contribution in [2.45, 2.75) is 13.3 Å². The van der Waals surface area contributed by atoms with Gasteiger partial charge in [0.05, 0.1) is 16.6 Å². The number of hydrogen-bond donors (Lipinski definition) is 2. The number of amides is 2. The van der Waals surface area contributed by atoms with Crippen molar-refractivity contribution < 1.29 is 24.2 Å². The number of aromatic hydroxyl groups is 1. The van der Waals surface area contributed by atoms with Crippen LogP contribution in [0.5, 0.6) is 5.75 Å². The van der Waals surface area contributed by atoms with Crippen LogP contribution in [0.3, 0.4) is 0 Å². The first-order chi connectivity index (χ1) is 12.4. The van der Waals surface area contributed by atoms with E-state index >= 15 is 0 Å². The fourth-order valence-corrected chi connectivity index (χ4v) is 2.62. The molecule has 1 aromatic heterocycles. The van der Waals surface area contributed by atoms with Crippen molar-refractivity contribution in [2.24, 2.45) is 0 Å². The molecule has 3 aromatic rings. The third kappa shape index (κ3) is 3.02. The molecule has 0 aliphatic carbocycles. The molecule has 26 heavy (non-hydrogen) atoms. The summed E-state index contributed by atoms with van der Waals surface area (Å²) >= 11 is 0. The molecule has 7 heteroatoms. The van der Waals surface area contributed by atoms with Crippen LogP contribution < -0.4 is 10.3 Å². The quantitative estimate of drug-likeness (QED) is 0.745. The minimum Gasteiger partial charge on any atom is -0.507 e. The highest BCUT2D eigenvalue weighted by atomic mass is 16.4. The molecule has 0 aliphatic heterocycles. The lowest BCUT2D eigenvalue weighted by molar-refractivity contribution is -0.117. The second-order valence-corrected chi connectivity index (χ2v) is 5.54. The predicted molar refractivity (Wildman–Crippen MR) is 95.4 cm³/mol. The summed E-state index contributed by atoms with van der Waals surface area (Å²) in [5.74, 6) is -0.447. The number of carboxylic acid groups (broad SMARTS) is 1. The number of phenols is 1. The Kier molecular flexibility index (Phi) is 4.45. The van der Waals surface area contributed by atoms with Crippen LogP contribution in [0.15, 0.2) is 57.7 Å². The Labute approximate surface area is 147 Å². The van der Waals surface area contributed by atoms with E-state index in [1.807, 2.05) is 0 Å². The van der Waals surface area contributed by atoms with E-state index in [2.05, 4.69) is 0 Å². The molecule has 132 valence electrons. The third-order valence-electron chi connectivity index (χ3n) is 3.88. The van der Waals surface area contributed by atoms with E-state index in [1.165, 1.54) is 30.3 Å².